The Kier molecular flexibility index (Phi) is 1.96. The maximum Gasteiger partial charge on any atom is 0.233 e. The van der Waals surface area contributed by atoms with Gasteiger partial charge in [0.2, 0.25) is 5.88 Å². The van der Waals surface area contributed by atoms with Crippen LogP contribution in [0.5, 0.6) is 11.6 Å². The third-order valence-electron chi connectivity index (χ3n) is 3.21. The Morgan fingerprint density at radius 3 is 2.62 bits per heavy atom. The van der Waals surface area contributed by atoms with E-state index < -0.39 is 0 Å². The lowest BCUT2D eigenvalue weighted by molar-refractivity contribution is 0.398. The lowest BCUT2D eigenvalue weighted by Gasteiger charge is -2.17. The third-order valence-corrected chi connectivity index (χ3v) is 3.21. The van der Waals surface area contributed by atoms with Gasteiger partial charge in [0.1, 0.15) is 0 Å². The van der Waals surface area contributed by atoms with Crippen molar-refractivity contribution < 1.29 is 10.2 Å². The molecule has 3 rings (SSSR count). The number of H-pyrrole nitrogens is 1. The second-order valence-electron chi connectivity index (χ2n) is 4.25. The first-order valence-corrected chi connectivity index (χ1v) is 5.54. The van der Waals surface area contributed by atoms with E-state index >= 15 is 0 Å². The van der Waals surface area contributed by atoms with Gasteiger partial charge in [0.05, 0.1) is 5.52 Å². The van der Waals surface area contributed by atoms with Gasteiger partial charge in [-0.05, 0) is 31.0 Å². The molecule has 84 valence electrons. The lowest BCUT2D eigenvalue weighted by Crippen LogP contribution is -2.17. The Morgan fingerprint density at radius 2 is 1.88 bits per heavy atom. The normalized spacial score (nSPS) is 16.1. The second kappa shape index (κ2) is 3.33. The van der Waals surface area contributed by atoms with E-state index in [-0.39, 0.29) is 11.6 Å². The molecule has 1 aromatic carbocycles. The van der Waals surface area contributed by atoms with Gasteiger partial charge in [0, 0.05) is 24.2 Å². The predicted octanol–water partition coefficient (Wildman–Crippen LogP) is 2.18. The second-order valence-corrected chi connectivity index (χ2v) is 4.25. The summed E-state index contributed by atoms with van der Waals surface area (Å²) in [6.45, 7) is 2.17. The summed E-state index contributed by atoms with van der Waals surface area (Å²) in [6, 6.07) is 5.80. The van der Waals surface area contributed by atoms with Gasteiger partial charge < -0.3 is 20.1 Å². The van der Waals surface area contributed by atoms with Crippen LogP contribution in [0.15, 0.2) is 18.2 Å². The van der Waals surface area contributed by atoms with E-state index in [9.17, 15) is 10.2 Å². The Labute approximate surface area is 93.1 Å². The number of rotatable bonds is 1. The van der Waals surface area contributed by atoms with Crippen molar-refractivity contribution in [3.63, 3.8) is 0 Å². The largest absolute Gasteiger partial charge is 0.503 e. The third kappa shape index (κ3) is 1.30. The quantitative estimate of drug-likeness (QED) is 0.687. The molecule has 1 aromatic heterocycles. The van der Waals surface area contributed by atoms with E-state index in [1.165, 1.54) is 12.8 Å². The molecule has 4 nitrogen and oxygen atoms in total. The van der Waals surface area contributed by atoms with Gasteiger partial charge >= 0.3 is 0 Å². The monoisotopic (exact) mass is 218 g/mol. The highest BCUT2D eigenvalue weighted by molar-refractivity contribution is 5.91. The number of hydrogen-bond donors (Lipinski definition) is 3. The molecule has 1 aliphatic heterocycles. The van der Waals surface area contributed by atoms with E-state index in [0.29, 0.717) is 5.39 Å². The van der Waals surface area contributed by atoms with E-state index in [1.54, 1.807) is 0 Å². The number of nitrogens with zero attached hydrogens (tertiary/aromatic N) is 1. The molecule has 1 saturated heterocycles. The molecule has 1 aliphatic rings. The fourth-order valence-electron chi connectivity index (χ4n) is 2.33. The molecule has 0 saturated carbocycles. The minimum absolute atomic E-state index is 0.0667. The van der Waals surface area contributed by atoms with Crippen LogP contribution in [0.2, 0.25) is 0 Å². The first-order valence-electron chi connectivity index (χ1n) is 5.54. The molecule has 0 spiro atoms. The number of aromatic hydroxyl groups is 2. The number of aromatic nitrogens is 1. The Balaban J connectivity index is 2.08. The van der Waals surface area contributed by atoms with Crippen molar-refractivity contribution >= 4 is 16.6 Å². The van der Waals surface area contributed by atoms with Gasteiger partial charge in [0.25, 0.3) is 0 Å². The number of anilines is 1. The van der Waals surface area contributed by atoms with E-state index in [2.05, 4.69) is 9.88 Å². The molecule has 2 aromatic rings. The molecule has 0 atom stereocenters. The summed E-state index contributed by atoms with van der Waals surface area (Å²) >= 11 is 0. The highest BCUT2D eigenvalue weighted by atomic mass is 16.3. The minimum atomic E-state index is -0.159. The van der Waals surface area contributed by atoms with Crippen LogP contribution in [0.1, 0.15) is 12.8 Å². The molecular weight excluding hydrogens is 204 g/mol. The van der Waals surface area contributed by atoms with Gasteiger partial charge in [-0.25, -0.2) is 0 Å². The van der Waals surface area contributed by atoms with Crippen LogP contribution in [0.4, 0.5) is 5.69 Å². The van der Waals surface area contributed by atoms with Crippen LogP contribution >= 0.6 is 0 Å². The number of fused-ring (bicyclic) bond motifs is 1. The smallest absolute Gasteiger partial charge is 0.233 e. The number of hydrogen-bond acceptors (Lipinski definition) is 3. The lowest BCUT2D eigenvalue weighted by atomic mass is 10.2. The first kappa shape index (κ1) is 9.39. The Bertz CT molecular complexity index is 527. The summed E-state index contributed by atoms with van der Waals surface area (Å²) in [5.74, 6) is -0.225. The summed E-state index contributed by atoms with van der Waals surface area (Å²) in [6.07, 6.45) is 2.47. The van der Waals surface area contributed by atoms with Crippen LogP contribution in [0.3, 0.4) is 0 Å². The molecule has 0 unspecified atom stereocenters. The number of nitrogens with one attached hydrogen (secondary N) is 1. The standard InChI is InChI=1S/C12H14N2O2/c15-11-9-4-3-8(14-5-1-2-6-14)7-10(9)13-12(11)16/h3-4,7,13,15-16H,1-2,5-6H2. The van der Waals surface area contributed by atoms with Gasteiger partial charge in [-0.15, -0.1) is 0 Å². The average Bonchev–Trinajstić information content (AvgIpc) is 2.88. The van der Waals surface area contributed by atoms with Gasteiger partial charge in [-0.2, -0.15) is 0 Å². The first-order chi connectivity index (χ1) is 7.75. The maximum absolute atomic E-state index is 9.56. The van der Waals surface area contributed by atoms with Crippen LogP contribution < -0.4 is 4.90 Å². The molecule has 0 radical (unpaired) electrons. The van der Waals surface area contributed by atoms with Crippen molar-refractivity contribution in [2.75, 3.05) is 18.0 Å². The highest BCUT2D eigenvalue weighted by Crippen LogP contribution is 2.35. The predicted molar refractivity (Wildman–Crippen MR) is 63.1 cm³/mol. The average molecular weight is 218 g/mol. The molecule has 0 amide bonds. The van der Waals surface area contributed by atoms with Crippen LogP contribution in [-0.4, -0.2) is 28.3 Å². The summed E-state index contributed by atoms with van der Waals surface area (Å²) in [5.41, 5.74) is 1.92. The molecule has 0 aliphatic carbocycles. The highest BCUT2D eigenvalue weighted by Gasteiger charge is 2.15. The molecular formula is C12H14N2O2. The van der Waals surface area contributed by atoms with Crippen molar-refractivity contribution in [2.45, 2.75) is 12.8 Å². The zero-order valence-corrected chi connectivity index (χ0v) is 8.90. The van der Waals surface area contributed by atoms with Crippen molar-refractivity contribution in [3.8, 4) is 11.6 Å². The Morgan fingerprint density at radius 1 is 1.12 bits per heavy atom. The molecule has 0 bridgehead atoms. The zero-order chi connectivity index (χ0) is 11.1. The summed E-state index contributed by atoms with van der Waals surface area (Å²) < 4.78 is 0. The van der Waals surface area contributed by atoms with E-state index in [4.69, 9.17) is 0 Å². The molecule has 3 N–H and O–H groups in total. The maximum atomic E-state index is 9.56. The molecule has 1 fully saturated rings. The van der Waals surface area contributed by atoms with Crippen molar-refractivity contribution in [2.24, 2.45) is 0 Å². The van der Waals surface area contributed by atoms with Crippen LogP contribution in [0.25, 0.3) is 10.9 Å². The molecule has 4 heteroatoms. The fourth-order valence-corrected chi connectivity index (χ4v) is 2.33. The Hall–Kier alpha value is -1.84. The van der Waals surface area contributed by atoms with Crippen LogP contribution in [-0.2, 0) is 0 Å². The van der Waals surface area contributed by atoms with Gasteiger partial charge in [0.15, 0.2) is 5.75 Å². The number of aromatic amines is 1. The molecule has 2 heterocycles. The summed E-state index contributed by atoms with van der Waals surface area (Å²) in [5, 5.41) is 19.6. The van der Waals surface area contributed by atoms with Crippen molar-refractivity contribution in [1.29, 1.82) is 0 Å². The number of benzene rings is 1. The summed E-state index contributed by atoms with van der Waals surface area (Å²) in [4.78, 5) is 5.08. The van der Waals surface area contributed by atoms with E-state index in [1.807, 2.05) is 18.2 Å². The minimum Gasteiger partial charge on any atom is -0.503 e. The van der Waals surface area contributed by atoms with Crippen molar-refractivity contribution in [1.82, 2.24) is 4.98 Å². The SMILES string of the molecule is Oc1[nH]c2cc(N3CCCC3)ccc2c1O. The summed E-state index contributed by atoms with van der Waals surface area (Å²) in [7, 11) is 0. The van der Waals surface area contributed by atoms with Gasteiger partial charge in [-0.3, -0.25) is 0 Å². The van der Waals surface area contributed by atoms with Crippen molar-refractivity contribution in [3.05, 3.63) is 18.2 Å². The van der Waals surface area contributed by atoms with Crippen LogP contribution in [0, 0.1) is 0 Å². The van der Waals surface area contributed by atoms with Gasteiger partial charge in [-0.1, -0.05) is 0 Å². The zero-order valence-electron chi connectivity index (χ0n) is 8.90. The molecule has 16 heavy (non-hydrogen) atoms. The fraction of sp³-hybridized carbons (Fsp3) is 0.333. The topological polar surface area (TPSA) is 59.5 Å². The van der Waals surface area contributed by atoms with E-state index in [0.717, 1.165) is 24.3 Å².